The van der Waals surface area contributed by atoms with Gasteiger partial charge >= 0.3 is 0 Å². The Bertz CT molecular complexity index is 889. The second-order valence-corrected chi connectivity index (χ2v) is 7.88. The average Bonchev–Trinajstić information content (AvgIpc) is 3.34. The highest BCUT2D eigenvalue weighted by atomic mass is 16.3. The minimum atomic E-state index is -0.747. The fourth-order valence-corrected chi connectivity index (χ4v) is 4.19. The molecule has 2 amide bonds. The molecule has 2 aromatic rings. The maximum atomic E-state index is 13.0. The van der Waals surface area contributed by atoms with Crippen LogP contribution in [0.1, 0.15) is 19.3 Å². The summed E-state index contributed by atoms with van der Waals surface area (Å²) in [5, 5.41) is 30.9. The minimum Gasteiger partial charge on any atom is -0.483 e. The van der Waals surface area contributed by atoms with Crippen LogP contribution in [0.15, 0.2) is 30.9 Å². The standard InChI is InChI=1S/C19H26N8O3.CH2O2/c28-17-11-14(1-2-16(17)22-18(29)12-27-13-21-23-24-27)19(30)26-9-7-25(8-10-26)15-3-5-20-6-4-15;2-1-3/h3-6,13-14,16-17,28H,1-2,7-12H2,(H,22,29);1H,(H,2,3)/t14-,16-,17-;/m0./s1. The molecule has 33 heavy (non-hydrogen) atoms. The zero-order chi connectivity index (χ0) is 23.6. The molecular formula is C20H28N8O5. The highest BCUT2D eigenvalue weighted by molar-refractivity contribution is 5.79. The van der Waals surface area contributed by atoms with Gasteiger partial charge in [0.15, 0.2) is 0 Å². The van der Waals surface area contributed by atoms with Gasteiger partial charge in [0, 0.05) is 50.2 Å². The Hall–Kier alpha value is -3.61. The summed E-state index contributed by atoms with van der Waals surface area (Å²) in [6.45, 7) is 2.64. The second kappa shape index (κ2) is 11.9. The normalized spacial score (nSPS) is 22.6. The van der Waals surface area contributed by atoms with Crippen LogP contribution in [0.5, 0.6) is 0 Å². The first-order valence-corrected chi connectivity index (χ1v) is 10.7. The molecule has 13 heteroatoms. The van der Waals surface area contributed by atoms with Gasteiger partial charge < -0.3 is 25.3 Å². The number of nitrogens with zero attached hydrogens (tertiary/aromatic N) is 7. The van der Waals surface area contributed by atoms with Crippen LogP contribution in [0.25, 0.3) is 0 Å². The number of aromatic nitrogens is 5. The number of hydrogen-bond donors (Lipinski definition) is 3. The van der Waals surface area contributed by atoms with E-state index in [-0.39, 0.29) is 36.8 Å². The van der Waals surface area contributed by atoms with Crippen molar-refractivity contribution in [2.45, 2.75) is 38.0 Å². The zero-order valence-corrected chi connectivity index (χ0v) is 18.1. The van der Waals surface area contributed by atoms with Crippen molar-refractivity contribution >= 4 is 24.0 Å². The molecule has 0 spiro atoms. The Morgan fingerprint density at radius 2 is 1.85 bits per heavy atom. The molecule has 178 valence electrons. The number of hydrogen-bond acceptors (Lipinski definition) is 9. The summed E-state index contributed by atoms with van der Waals surface area (Å²) < 4.78 is 1.32. The molecule has 0 bridgehead atoms. The highest BCUT2D eigenvalue weighted by Crippen LogP contribution is 2.27. The van der Waals surface area contributed by atoms with Gasteiger partial charge in [0.25, 0.3) is 6.47 Å². The summed E-state index contributed by atoms with van der Waals surface area (Å²) in [5.41, 5.74) is 1.12. The van der Waals surface area contributed by atoms with E-state index in [1.54, 1.807) is 12.4 Å². The number of aliphatic hydroxyl groups is 1. The number of tetrazole rings is 1. The number of nitrogens with one attached hydrogen (secondary N) is 1. The summed E-state index contributed by atoms with van der Waals surface area (Å²) in [4.78, 5) is 41.6. The van der Waals surface area contributed by atoms with Gasteiger partial charge in [0.1, 0.15) is 12.9 Å². The van der Waals surface area contributed by atoms with Crippen molar-refractivity contribution in [2.75, 3.05) is 31.1 Å². The number of aliphatic hydroxyl groups excluding tert-OH is 1. The van der Waals surface area contributed by atoms with Gasteiger partial charge in [-0.15, -0.1) is 5.10 Å². The molecule has 4 rings (SSSR count). The summed E-state index contributed by atoms with van der Waals surface area (Å²) in [6.07, 6.45) is 5.73. The third-order valence-corrected chi connectivity index (χ3v) is 5.83. The lowest BCUT2D eigenvalue weighted by atomic mass is 9.83. The average molecular weight is 460 g/mol. The molecule has 13 nitrogen and oxygen atoms in total. The molecule has 3 N–H and O–H groups in total. The molecule has 2 aliphatic rings. The van der Waals surface area contributed by atoms with Crippen LogP contribution in [0.4, 0.5) is 5.69 Å². The van der Waals surface area contributed by atoms with Crippen LogP contribution in [0.3, 0.4) is 0 Å². The van der Waals surface area contributed by atoms with Gasteiger partial charge in [-0.2, -0.15) is 0 Å². The first kappa shape index (κ1) is 24.0. The van der Waals surface area contributed by atoms with E-state index in [1.807, 2.05) is 17.0 Å². The van der Waals surface area contributed by atoms with Crippen LogP contribution >= 0.6 is 0 Å². The predicted molar refractivity (Wildman–Crippen MR) is 115 cm³/mol. The van der Waals surface area contributed by atoms with Crippen molar-refractivity contribution in [2.24, 2.45) is 5.92 Å². The van der Waals surface area contributed by atoms with Gasteiger partial charge in [-0.05, 0) is 41.8 Å². The monoisotopic (exact) mass is 460 g/mol. The molecule has 1 saturated heterocycles. The van der Waals surface area contributed by atoms with E-state index < -0.39 is 6.10 Å². The van der Waals surface area contributed by atoms with Gasteiger partial charge in [0.2, 0.25) is 11.8 Å². The van der Waals surface area contributed by atoms with Crippen LogP contribution < -0.4 is 10.2 Å². The number of carboxylic acid groups (broad SMARTS) is 1. The van der Waals surface area contributed by atoms with Gasteiger partial charge in [-0.3, -0.25) is 19.4 Å². The van der Waals surface area contributed by atoms with E-state index in [4.69, 9.17) is 9.90 Å². The fraction of sp³-hybridized carbons (Fsp3) is 0.550. The summed E-state index contributed by atoms with van der Waals surface area (Å²) in [6, 6.07) is 3.59. The van der Waals surface area contributed by atoms with Crippen LogP contribution in [-0.4, -0.2) is 96.9 Å². The molecule has 0 aromatic carbocycles. The molecule has 3 heterocycles. The topological polar surface area (TPSA) is 167 Å². The maximum absolute atomic E-state index is 13.0. The van der Waals surface area contributed by atoms with Crippen LogP contribution in [0.2, 0.25) is 0 Å². The lowest BCUT2D eigenvalue weighted by Crippen LogP contribution is -2.53. The van der Waals surface area contributed by atoms with E-state index in [0.29, 0.717) is 32.4 Å². The van der Waals surface area contributed by atoms with Crippen molar-refractivity contribution < 1.29 is 24.6 Å². The second-order valence-electron chi connectivity index (χ2n) is 7.88. The van der Waals surface area contributed by atoms with E-state index in [0.717, 1.165) is 18.8 Å². The van der Waals surface area contributed by atoms with E-state index in [9.17, 15) is 14.7 Å². The number of piperazine rings is 1. The SMILES string of the molecule is O=C(Cn1cnnn1)N[C@H]1CC[C@H](C(=O)N2CCN(c3ccncc3)CC2)C[C@@H]1O.O=CO. The van der Waals surface area contributed by atoms with Gasteiger partial charge in [0.05, 0.1) is 12.1 Å². The van der Waals surface area contributed by atoms with Crippen molar-refractivity contribution in [1.82, 2.24) is 35.4 Å². The first-order chi connectivity index (χ1) is 16.0. The molecule has 2 aromatic heterocycles. The minimum absolute atomic E-state index is 0.000331. The van der Waals surface area contributed by atoms with Crippen LogP contribution in [0, 0.1) is 5.92 Å². The summed E-state index contributed by atoms with van der Waals surface area (Å²) in [7, 11) is 0. The Kier molecular flexibility index (Phi) is 8.63. The number of rotatable bonds is 5. The summed E-state index contributed by atoms with van der Waals surface area (Å²) in [5.74, 6) is -0.370. The molecule has 3 atom stereocenters. The van der Waals surface area contributed by atoms with Crippen molar-refractivity contribution in [1.29, 1.82) is 0 Å². The Morgan fingerprint density at radius 1 is 1.15 bits per heavy atom. The fourth-order valence-electron chi connectivity index (χ4n) is 4.19. The van der Waals surface area contributed by atoms with Crippen molar-refractivity contribution in [3.63, 3.8) is 0 Å². The molecule has 1 aliphatic heterocycles. The lowest BCUT2D eigenvalue weighted by molar-refractivity contribution is -0.138. The van der Waals surface area contributed by atoms with Crippen molar-refractivity contribution in [3.05, 3.63) is 30.9 Å². The molecule has 0 unspecified atom stereocenters. The molecule has 0 radical (unpaired) electrons. The predicted octanol–water partition coefficient (Wildman–Crippen LogP) is -1.24. The third kappa shape index (κ3) is 6.68. The van der Waals surface area contributed by atoms with E-state index in [2.05, 4.69) is 30.7 Å². The largest absolute Gasteiger partial charge is 0.483 e. The van der Waals surface area contributed by atoms with Crippen LogP contribution in [-0.2, 0) is 20.9 Å². The molecule has 1 saturated carbocycles. The lowest BCUT2D eigenvalue weighted by Gasteiger charge is -2.39. The van der Waals surface area contributed by atoms with Gasteiger partial charge in [-0.1, -0.05) is 0 Å². The quantitative estimate of drug-likeness (QED) is 0.459. The molecule has 2 fully saturated rings. The maximum Gasteiger partial charge on any atom is 0.290 e. The number of amides is 2. The Morgan fingerprint density at radius 3 is 2.45 bits per heavy atom. The van der Waals surface area contributed by atoms with E-state index >= 15 is 0 Å². The molecular weight excluding hydrogens is 432 g/mol. The van der Waals surface area contributed by atoms with Gasteiger partial charge in [-0.25, -0.2) is 4.68 Å². The number of pyridine rings is 1. The highest BCUT2D eigenvalue weighted by Gasteiger charge is 2.36. The number of anilines is 1. The van der Waals surface area contributed by atoms with E-state index in [1.165, 1.54) is 11.0 Å². The molecule has 1 aliphatic carbocycles. The first-order valence-electron chi connectivity index (χ1n) is 10.7. The third-order valence-electron chi connectivity index (χ3n) is 5.83. The van der Waals surface area contributed by atoms with Crippen molar-refractivity contribution in [3.8, 4) is 0 Å². The summed E-state index contributed by atoms with van der Waals surface area (Å²) >= 11 is 0. The zero-order valence-electron chi connectivity index (χ0n) is 18.1. The number of carbonyl (C=O) groups excluding carboxylic acids is 2. The smallest absolute Gasteiger partial charge is 0.290 e. The Balaban J connectivity index is 0.000000968. The Labute approximate surface area is 190 Å². The number of carbonyl (C=O) groups is 3.